The van der Waals surface area contributed by atoms with Crippen LogP contribution >= 0.6 is 11.6 Å². The fourth-order valence-electron chi connectivity index (χ4n) is 1.07. The lowest BCUT2D eigenvalue weighted by atomic mass is 10.2. The molecule has 3 heteroatoms. The van der Waals surface area contributed by atoms with Gasteiger partial charge in [-0.05, 0) is 32.0 Å². The molecule has 0 saturated heterocycles. The summed E-state index contributed by atoms with van der Waals surface area (Å²) in [5.74, 6) is 0. The predicted octanol–water partition coefficient (Wildman–Crippen LogP) is 2.97. The number of rotatable bonds is 3. The first kappa shape index (κ1) is 10.1. The summed E-state index contributed by atoms with van der Waals surface area (Å²) in [6.07, 6.45) is 0.802. The van der Waals surface area contributed by atoms with Crippen LogP contribution in [0.1, 0.15) is 24.2 Å². The molecule has 0 fully saturated rings. The smallest absolute Gasteiger partial charge is 0.152 e. The molecular weight excluding hydrogens is 186 g/mol. The minimum Gasteiger partial charge on any atom is -0.382 e. The van der Waals surface area contributed by atoms with Gasteiger partial charge < -0.3 is 5.32 Å². The molecule has 1 N–H and O–H groups in total. The van der Waals surface area contributed by atoms with Gasteiger partial charge in [-0.15, -0.1) is 0 Å². The topological polar surface area (TPSA) is 29.1 Å². The number of halogens is 1. The molecule has 0 atom stereocenters. The van der Waals surface area contributed by atoms with E-state index in [9.17, 15) is 4.79 Å². The minimum absolute atomic E-state index is 0.305. The first-order valence-electron chi connectivity index (χ1n) is 4.14. The normalized spacial score (nSPS) is 10.2. The van der Waals surface area contributed by atoms with Gasteiger partial charge in [0.2, 0.25) is 0 Å². The fraction of sp³-hybridized carbons (Fsp3) is 0.300. The summed E-state index contributed by atoms with van der Waals surface area (Å²) >= 11 is 5.75. The fourth-order valence-corrected chi connectivity index (χ4v) is 1.25. The number of nitrogens with one attached hydrogen (secondary N) is 1. The molecule has 0 saturated carbocycles. The van der Waals surface area contributed by atoms with Crippen LogP contribution < -0.4 is 5.32 Å². The van der Waals surface area contributed by atoms with Gasteiger partial charge in [-0.25, -0.2) is 0 Å². The third-order valence-electron chi connectivity index (χ3n) is 1.58. The SMILES string of the molecule is CC(C)Nc1ccc(Cl)cc1C=O. The molecule has 0 aliphatic heterocycles. The minimum atomic E-state index is 0.305. The van der Waals surface area contributed by atoms with Gasteiger partial charge in [0.1, 0.15) is 0 Å². The number of aldehydes is 1. The quantitative estimate of drug-likeness (QED) is 0.755. The third-order valence-corrected chi connectivity index (χ3v) is 1.82. The van der Waals surface area contributed by atoms with E-state index in [2.05, 4.69) is 5.32 Å². The Morgan fingerprint density at radius 3 is 2.69 bits per heavy atom. The molecule has 0 unspecified atom stereocenters. The van der Waals surface area contributed by atoms with Gasteiger partial charge in [-0.3, -0.25) is 4.79 Å². The van der Waals surface area contributed by atoms with Crippen molar-refractivity contribution in [2.24, 2.45) is 0 Å². The molecule has 1 aromatic rings. The van der Waals surface area contributed by atoms with Crippen LogP contribution in [0, 0.1) is 0 Å². The van der Waals surface area contributed by atoms with Crippen LogP contribution in [0.25, 0.3) is 0 Å². The van der Waals surface area contributed by atoms with E-state index in [4.69, 9.17) is 11.6 Å². The van der Waals surface area contributed by atoms with E-state index in [1.54, 1.807) is 12.1 Å². The van der Waals surface area contributed by atoms with Gasteiger partial charge in [-0.1, -0.05) is 11.6 Å². The van der Waals surface area contributed by atoms with Gasteiger partial charge in [0.05, 0.1) is 0 Å². The van der Waals surface area contributed by atoms with Crippen molar-refractivity contribution in [1.29, 1.82) is 0 Å². The van der Waals surface area contributed by atoms with Gasteiger partial charge in [0.25, 0.3) is 0 Å². The van der Waals surface area contributed by atoms with Gasteiger partial charge in [0.15, 0.2) is 6.29 Å². The van der Waals surface area contributed by atoms with Crippen molar-refractivity contribution < 1.29 is 4.79 Å². The molecule has 13 heavy (non-hydrogen) atoms. The summed E-state index contributed by atoms with van der Waals surface area (Å²) in [5.41, 5.74) is 1.43. The molecule has 1 rings (SSSR count). The molecule has 0 aromatic heterocycles. The largest absolute Gasteiger partial charge is 0.382 e. The van der Waals surface area contributed by atoms with E-state index in [0.717, 1.165) is 12.0 Å². The van der Waals surface area contributed by atoms with Crippen molar-refractivity contribution in [3.63, 3.8) is 0 Å². The van der Waals surface area contributed by atoms with Gasteiger partial charge in [-0.2, -0.15) is 0 Å². The van der Waals surface area contributed by atoms with Crippen molar-refractivity contribution in [2.45, 2.75) is 19.9 Å². The predicted molar refractivity (Wildman–Crippen MR) is 55.6 cm³/mol. The number of hydrogen-bond acceptors (Lipinski definition) is 2. The van der Waals surface area contributed by atoms with Gasteiger partial charge in [0, 0.05) is 22.3 Å². The second-order valence-electron chi connectivity index (χ2n) is 3.15. The van der Waals surface area contributed by atoms with E-state index < -0.39 is 0 Å². The Morgan fingerprint density at radius 1 is 1.46 bits per heavy atom. The number of anilines is 1. The Hall–Kier alpha value is -1.02. The lowest BCUT2D eigenvalue weighted by Gasteiger charge is -2.11. The monoisotopic (exact) mass is 197 g/mol. The van der Waals surface area contributed by atoms with Crippen LogP contribution in [0.15, 0.2) is 18.2 Å². The molecule has 0 spiro atoms. The number of carbonyl (C=O) groups is 1. The zero-order valence-electron chi connectivity index (χ0n) is 7.67. The summed E-state index contributed by atoms with van der Waals surface area (Å²) < 4.78 is 0. The van der Waals surface area contributed by atoms with E-state index in [0.29, 0.717) is 16.6 Å². The second kappa shape index (κ2) is 4.28. The van der Waals surface area contributed by atoms with Gasteiger partial charge >= 0.3 is 0 Å². The summed E-state index contributed by atoms with van der Waals surface area (Å²) in [6.45, 7) is 4.03. The van der Waals surface area contributed by atoms with Crippen LogP contribution in [-0.4, -0.2) is 12.3 Å². The standard InChI is InChI=1S/C10H12ClNO/c1-7(2)12-10-4-3-9(11)5-8(10)6-13/h3-7,12H,1-2H3. The molecular formula is C10H12ClNO. The summed E-state index contributed by atoms with van der Waals surface area (Å²) in [5, 5.41) is 3.74. The summed E-state index contributed by atoms with van der Waals surface area (Å²) in [7, 11) is 0. The first-order valence-corrected chi connectivity index (χ1v) is 4.52. The maximum Gasteiger partial charge on any atom is 0.152 e. The van der Waals surface area contributed by atoms with Crippen LogP contribution in [0.5, 0.6) is 0 Å². The van der Waals surface area contributed by atoms with Crippen molar-refractivity contribution in [3.05, 3.63) is 28.8 Å². The molecule has 70 valence electrons. The van der Waals surface area contributed by atoms with Crippen LogP contribution in [0.4, 0.5) is 5.69 Å². The highest BCUT2D eigenvalue weighted by molar-refractivity contribution is 6.31. The summed E-state index contributed by atoms with van der Waals surface area (Å²) in [4.78, 5) is 10.7. The molecule has 0 aliphatic rings. The molecule has 0 heterocycles. The molecule has 0 aliphatic carbocycles. The Labute approximate surface area is 82.9 Å². The van der Waals surface area contributed by atoms with Crippen molar-refractivity contribution >= 4 is 23.6 Å². The molecule has 2 nitrogen and oxygen atoms in total. The average molecular weight is 198 g/mol. The maximum atomic E-state index is 10.7. The van der Waals surface area contributed by atoms with E-state index in [1.165, 1.54) is 0 Å². The van der Waals surface area contributed by atoms with E-state index >= 15 is 0 Å². The molecule has 1 aromatic carbocycles. The highest BCUT2D eigenvalue weighted by Crippen LogP contribution is 2.19. The van der Waals surface area contributed by atoms with Crippen LogP contribution in [0.3, 0.4) is 0 Å². The number of carbonyl (C=O) groups excluding carboxylic acids is 1. The highest BCUT2D eigenvalue weighted by atomic mass is 35.5. The van der Waals surface area contributed by atoms with Crippen LogP contribution in [-0.2, 0) is 0 Å². The average Bonchev–Trinajstić information content (AvgIpc) is 2.07. The highest BCUT2D eigenvalue weighted by Gasteiger charge is 2.02. The number of hydrogen-bond donors (Lipinski definition) is 1. The maximum absolute atomic E-state index is 10.7. The van der Waals surface area contributed by atoms with Crippen molar-refractivity contribution in [1.82, 2.24) is 0 Å². The summed E-state index contributed by atoms with van der Waals surface area (Å²) in [6, 6.07) is 5.53. The zero-order chi connectivity index (χ0) is 9.84. The van der Waals surface area contributed by atoms with Crippen molar-refractivity contribution in [2.75, 3.05) is 5.32 Å². The Bertz CT molecular complexity index is 310. The second-order valence-corrected chi connectivity index (χ2v) is 3.58. The third kappa shape index (κ3) is 2.74. The lowest BCUT2D eigenvalue weighted by Crippen LogP contribution is -2.11. The van der Waals surface area contributed by atoms with E-state index in [1.807, 2.05) is 19.9 Å². The lowest BCUT2D eigenvalue weighted by molar-refractivity contribution is 0.112. The molecule has 0 bridgehead atoms. The Balaban J connectivity index is 2.99. The molecule has 0 radical (unpaired) electrons. The van der Waals surface area contributed by atoms with Crippen LogP contribution in [0.2, 0.25) is 5.02 Å². The Morgan fingerprint density at radius 2 is 2.15 bits per heavy atom. The van der Waals surface area contributed by atoms with Crippen molar-refractivity contribution in [3.8, 4) is 0 Å². The molecule has 0 amide bonds. The Kier molecular flexibility index (Phi) is 3.32. The first-order chi connectivity index (χ1) is 6.13. The number of benzene rings is 1. The zero-order valence-corrected chi connectivity index (χ0v) is 8.43. The van der Waals surface area contributed by atoms with E-state index in [-0.39, 0.29) is 0 Å².